The molecule has 28 heavy (non-hydrogen) atoms. The second-order valence-electron chi connectivity index (χ2n) is 8.95. The zero-order valence-corrected chi connectivity index (χ0v) is 16.7. The molecule has 1 N–H and O–H groups in total. The molecule has 0 radical (unpaired) electrons. The van der Waals surface area contributed by atoms with Crippen LogP contribution < -0.4 is 14.8 Å². The lowest BCUT2D eigenvalue weighted by molar-refractivity contribution is -0.152. The quantitative estimate of drug-likeness (QED) is 0.805. The lowest BCUT2D eigenvalue weighted by Gasteiger charge is -2.56. The summed E-state index contributed by atoms with van der Waals surface area (Å²) < 4.78 is 11.7. The van der Waals surface area contributed by atoms with Gasteiger partial charge in [-0.25, -0.2) is 4.79 Å². The number of benzene rings is 1. The number of carbonyl (C=O) groups excluding carboxylic acids is 2. The van der Waals surface area contributed by atoms with E-state index in [1.807, 2.05) is 29.7 Å². The van der Waals surface area contributed by atoms with Crippen LogP contribution in [0.15, 0.2) is 12.1 Å². The van der Waals surface area contributed by atoms with Gasteiger partial charge in [0.2, 0.25) is 5.91 Å². The van der Waals surface area contributed by atoms with Crippen molar-refractivity contribution in [2.45, 2.75) is 63.2 Å². The highest BCUT2D eigenvalue weighted by Gasteiger charge is 2.54. The van der Waals surface area contributed by atoms with Gasteiger partial charge in [-0.3, -0.25) is 4.79 Å². The summed E-state index contributed by atoms with van der Waals surface area (Å²) >= 11 is 0. The number of carbonyl (C=O) groups is 2. The van der Waals surface area contributed by atoms with Crippen molar-refractivity contribution in [3.8, 4) is 11.5 Å². The van der Waals surface area contributed by atoms with Gasteiger partial charge in [0.05, 0.1) is 24.7 Å². The highest BCUT2D eigenvalue weighted by atomic mass is 16.5. The fraction of sp³-hybridized carbons (Fsp3) is 0.619. The number of hydrogen-bond donors (Lipinski definition) is 1. The van der Waals surface area contributed by atoms with Crippen molar-refractivity contribution >= 4 is 11.9 Å². The van der Waals surface area contributed by atoms with E-state index < -0.39 is 5.54 Å². The molecule has 0 spiro atoms. The predicted molar refractivity (Wildman–Crippen MR) is 103 cm³/mol. The van der Waals surface area contributed by atoms with Crippen molar-refractivity contribution in [2.24, 2.45) is 0 Å². The molecule has 150 valence electrons. The molecule has 0 saturated carbocycles. The monoisotopic (exact) mass is 385 g/mol. The Labute approximate surface area is 165 Å². The van der Waals surface area contributed by atoms with E-state index in [0.29, 0.717) is 13.2 Å². The first kappa shape index (κ1) is 17.6. The number of amides is 3. The highest BCUT2D eigenvalue weighted by Crippen LogP contribution is 2.48. The first-order valence-electron chi connectivity index (χ1n) is 10.1. The van der Waals surface area contributed by atoms with Crippen LogP contribution in [0.4, 0.5) is 4.79 Å². The summed E-state index contributed by atoms with van der Waals surface area (Å²) in [4.78, 5) is 30.4. The van der Waals surface area contributed by atoms with Crippen LogP contribution in [0, 0.1) is 0 Å². The topological polar surface area (TPSA) is 71.1 Å². The molecular formula is C21H27N3O4. The molecule has 3 amide bonds. The third-order valence-electron chi connectivity index (χ3n) is 6.56. The maximum Gasteiger partial charge on any atom is 0.318 e. The molecule has 0 aliphatic carbocycles. The minimum absolute atomic E-state index is 0.0276. The van der Waals surface area contributed by atoms with E-state index in [1.165, 1.54) is 0 Å². The number of piperidine rings is 1. The van der Waals surface area contributed by atoms with Crippen LogP contribution in [0.5, 0.6) is 11.5 Å². The van der Waals surface area contributed by atoms with Gasteiger partial charge in [0, 0.05) is 18.2 Å². The minimum atomic E-state index is -0.553. The molecule has 4 aliphatic heterocycles. The average Bonchev–Trinajstić information content (AvgIpc) is 2.68. The van der Waals surface area contributed by atoms with Crippen molar-refractivity contribution in [3.63, 3.8) is 0 Å². The summed E-state index contributed by atoms with van der Waals surface area (Å²) in [5.41, 5.74) is 1.66. The number of urea groups is 1. The Morgan fingerprint density at radius 1 is 1.25 bits per heavy atom. The van der Waals surface area contributed by atoms with Crippen LogP contribution in [0.3, 0.4) is 0 Å². The van der Waals surface area contributed by atoms with E-state index in [-0.39, 0.29) is 30.1 Å². The first-order valence-corrected chi connectivity index (χ1v) is 10.1. The molecule has 4 aliphatic rings. The van der Waals surface area contributed by atoms with Gasteiger partial charge < -0.3 is 24.6 Å². The molecule has 3 atom stereocenters. The number of piperazine rings is 1. The molecule has 1 aromatic carbocycles. The van der Waals surface area contributed by atoms with Crippen molar-refractivity contribution < 1.29 is 19.1 Å². The Hall–Kier alpha value is -2.44. The standard InChI is InChI=1S/C21H27N3O4/c1-21(2)11-28-16-10-13(27-3)9-12-7-8-23-18(17(12)16)14-5-4-6-15(19(23)25)24(14)20(26)22-21/h9-10,14-15,18H,4-8,11H2,1-3H3,(H,22,26). The highest BCUT2D eigenvalue weighted by molar-refractivity contribution is 5.90. The number of methoxy groups -OCH3 is 1. The number of nitrogens with one attached hydrogen (secondary N) is 1. The summed E-state index contributed by atoms with van der Waals surface area (Å²) in [6.45, 7) is 4.92. The molecule has 7 heteroatoms. The molecule has 3 unspecified atom stereocenters. The van der Waals surface area contributed by atoms with Crippen LogP contribution in [0.1, 0.15) is 50.3 Å². The molecule has 2 fully saturated rings. The Balaban J connectivity index is 1.73. The SMILES string of the molecule is COc1cc2c3c(c1)OCC(C)(C)NC(=O)N1C4CCCC1C3N(CC2)C4=O. The van der Waals surface area contributed by atoms with Crippen molar-refractivity contribution in [2.75, 3.05) is 20.3 Å². The van der Waals surface area contributed by atoms with Crippen LogP contribution in [0.25, 0.3) is 0 Å². The summed E-state index contributed by atoms with van der Waals surface area (Å²) in [5.74, 6) is 1.61. The van der Waals surface area contributed by atoms with Gasteiger partial charge in [-0.05, 0) is 51.2 Å². The van der Waals surface area contributed by atoms with Gasteiger partial charge in [-0.2, -0.15) is 0 Å². The minimum Gasteiger partial charge on any atom is -0.497 e. The fourth-order valence-electron chi connectivity index (χ4n) is 5.33. The number of nitrogens with zero attached hydrogens (tertiary/aromatic N) is 2. The lowest BCUT2D eigenvalue weighted by atomic mass is 9.78. The van der Waals surface area contributed by atoms with E-state index in [4.69, 9.17) is 9.47 Å². The fourth-order valence-corrected chi connectivity index (χ4v) is 5.33. The molecule has 0 aromatic heterocycles. The van der Waals surface area contributed by atoms with E-state index in [1.54, 1.807) is 7.11 Å². The molecule has 5 rings (SSSR count). The summed E-state index contributed by atoms with van der Waals surface area (Å²) in [6, 6.07) is 3.29. The van der Waals surface area contributed by atoms with Crippen LogP contribution >= 0.6 is 0 Å². The normalized spacial score (nSPS) is 30.3. The van der Waals surface area contributed by atoms with E-state index >= 15 is 0 Å². The summed E-state index contributed by atoms with van der Waals surface area (Å²) in [7, 11) is 1.66. The van der Waals surface area contributed by atoms with Crippen LogP contribution in [-0.2, 0) is 11.2 Å². The van der Waals surface area contributed by atoms with Gasteiger partial charge in [-0.1, -0.05) is 0 Å². The molecule has 4 bridgehead atoms. The van der Waals surface area contributed by atoms with Gasteiger partial charge in [0.1, 0.15) is 24.1 Å². The number of hydrogen-bond acceptors (Lipinski definition) is 4. The Bertz CT molecular complexity index is 852. The third-order valence-corrected chi connectivity index (χ3v) is 6.56. The molecular weight excluding hydrogens is 358 g/mol. The lowest BCUT2D eigenvalue weighted by Crippen LogP contribution is -2.70. The Kier molecular flexibility index (Phi) is 3.80. The average molecular weight is 385 g/mol. The Morgan fingerprint density at radius 2 is 2.07 bits per heavy atom. The zero-order chi connectivity index (χ0) is 19.6. The first-order chi connectivity index (χ1) is 13.4. The van der Waals surface area contributed by atoms with E-state index in [2.05, 4.69) is 11.4 Å². The third kappa shape index (κ3) is 2.48. The molecule has 1 aromatic rings. The summed E-state index contributed by atoms with van der Waals surface area (Å²) in [5, 5.41) is 3.10. The van der Waals surface area contributed by atoms with Crippen LogP contribution in [0.2, 0.25) is 0 Å². The second-order valence-corrected chi connectivity index (χ2v) is 8.95. The van der Waals surface area contributed by atoms with Gasteiger partial charge in [0.25, 0.3) is 0 Å². The Morgan fingerprint density at radius 3 is 2.86 bits per heavy atom. The number of rotatable bonds is 1. The number of ether oxygens (including phenoxy) is 2. The molecule has 2 saturated heterocycles. The zero-order valence-electron chi connectivity index (χ0n) is 16.7. The van der Waals surface area contributed by atoms with Crippen molar-refractivity contribution in [1.29, 1.82) is 0 Å². The van der Waals surface area contributed by atoms with Gasteiger partial charge >= 0.3 is 6.03 Å². The van der Waals surface area contributed by atoms with Crippen molar-refractivity contribution in [3.05, 3.63) is 23.3 Å². The second kappa shape index (κ2) is 6.03. The van der Waals surface area contributed by atoms with Crippen LogP contribution in [-0.4, -0.2) is 59.6 Å². The van der Waals surface area contributed by atoms with Gasteiger partial charge in [-0.15, -0.1) is 0 Å². The summed E-state index contributed by atoms with van der Waals surface area (Å²) in [6.07, 6.45) is 3.37. The van der Waals surface area contributed by atoms with Gasteiger partial charge in [0.15, 0.2) is 0 Å². The van der Waals surface area contributed by atoms with E-state index in [0.717, 1.165) is 48.3 Å². The molecule has 4 heterocycles. The van der Waals surface area contributed by atoms with E-state index in [9.17, 15) is 9.59 Å². The van der Waals surface area contributed by atoms with Crippen molar-refractivity contribution in [1.82, 2.24) is 15.1 Å². The maximum atomic E-state index is 13.4. The maximum absolute atomic E-state index is 13.4. The molecule has 7 nitrogen and oxygen atoms in total. The largest absolute Gasteiger partial charge is 0.497 e. The predicted octanol–water partition coefficient (Wildman–Crippen LogP) is 2.24. The smallest absolute Gasteiger partial charge is 0.318 e.